The summed E-state index contributed by atoms with van der Waals surface area (Å²) in [6.07, 6.45) is 1.55. The highest BCUT2D eigenvalue weighted by Gasteiger charge is 2.36. The molecular formula is C19H15BrN2O4S. The number of amides is 3. The lowest BCUT2D eigenvalue weighted by Gasteiger charge is -2.12. The molecule has 8 heteroatoms. The van der Waals surface area contributed by atoms with Crippen molar-refractivity contribution in [3.63, 3.8) is 0 Å². The van der Waals surface area contributed by atoms with Crippen LogP contribution in [0.1, 0.15) is 11.1 Å². The second-order valence-corrected chi connectivity index (χ2v) is 7.74. The van der Waals surface area contributed by atoms with Gasteiger partial charge in [0.25, 0.3) is 11.1 Å². The number of benzene rings is 2. The average molecular weight is 447 g/mol. The maximum Gasteiger partial charge on any atom is 0.294 e. The van der Waals surface area contributed by atoms with Gasteiger partial charge in [-0.2, -0.15) is 0 Å². The number of hydrogen-bond acceptors (Lipinski definition) is 5. The molecule has 1 heterocycles. The number of carbonyl (C=O) groups is 3. The molecule has 0 bridgehead atoms. The molecule has 2 aromatic carbocycles. The van der Waals surface area contributed by atoms with Crippen LogP contribution in [0.3, 0.4) is 0 Å². The van der Waals surface area contributed by atoms with Crippen LogP contribution in [0.2, 0.25) is 0 Å². The Morgan fingerprint density at radius 2 is 2.04 bits per heavy atom. The Hall–Kier alpha value is -2.58. The zero-order chi connectivity index (χ0) is 19.6. The molecule has 3 rings (SSSR count). The molecule has 1 aliphatic heterocycles. The van der Waals surface area contributed by atoms with Crippen LogP contribution in [-0.4, -0.2) is 33.6 Å². The maximum absolute atomic E-state index is 12.5. The molecule has 6 nitrogen and oxygen atoms in total. The lowest BCUT2D eigenvalue weighted by molar-refractivity contribution is -0.127. The van der Waals surface area contributed by atoms with Gasteiger partial charge in [-0.15, -0.1) is 0 Å². The molecule has 138 valence electrons. The van der Waals surface area contributed by atoms with Crippen molar-refractivity contribution < 1.29 is 19.5 Å². The van der Waals surface area contributed by atoms with E-state index in [9.17, 15) is 19.5 Å². The largest absolute Gasteiger partial charge is 0.507 e. The molecule has 0 radical (unpaired) electrons. The zero-order valence-corrected chi connectivity index (χ0v) is 16.6. The number of phenols is 1. The first-order valence-corrected chi connectivity index (χ1v) is 9.55. The fourth-order valence-electron chi connectivity index (χ4n) is 2.47. The minimum absolute atomic E-state index is 0.0769. The van der Waals surface area contributed by atoms with Gasteiger partial charge in [0, 0.05) is 5.69 Å². The highest BCUT2D eigenvalue weighted by Crippen LogP contribution is 2.33. The van der Waals surface area contributed by atoms with E-state index in [1.54, 1.807) is 30.3 Å². The predicted molar refractivity (Wildman–Crippen MR) is 108 cm³/mol. The fraction of sp³-hybridized carbons (Fsp3) is 0.105. The Morgan fingerprint density at radius 1 is 1.26 bits per heavy atom. The Morgan fingerprint density at radius 3 is 2.74 bits per heavy atom. The topological polar surface area (TPSA) is 86.7 Å². The van der Waals surface area contributed by atoms with E-state index in [2.05, 4.69) is 21.2 Å². The van der Waals surface area contributed by atoms with Crippen LogP contribution in [0.25, 0.3) is 6.08 Å². The summed E-state index contributed by atoms with van der Waals surface area (Å²) in [5.74, 6) is -0.891. The molecule has 1 fully saturated rings. The summed E-state index contributed by atoms with van der Waals surface area (Å²) in [7, 11) is 0. The third kappa shape index (κ3) is 4.58. The van der Waals surface area contributed by atoms with Gasteiger partial charge in [-0.05, 0) is 76.1 Å². The number of rotatable bonds is 4. The lowest BCUT2D eigenvalue weighted by Crippen LogP contribution is -2.36. The molecule has 2 aromatic rings. The normalized spacial score (nSPS) is 15.5. The van der Waals surface area contributed by atoms with Gasteiger partial charge in [0.05, 0.1) is 9.38 Å². The van der Waals surface area contributed by atoms with Crippen molar-refractivity contribution in [2.75, 3.05) is 11.9 Å². The number of carbonyl (C=O) groups excluding carboxylic acids is 3. The summed E-state index contributed by atoms with van der Waals surface area (Å²) in [6.45, 7) is 1.55. The number of halogens is 1. The Labute approximate surface area is 168 Å². The molecule has 2 N–H and O–H groups in total. The van der Waals surface area contributed by atoms with Crippen LogP contribution in [0.5, 0.6) is 5.75 Å². The van der Waals surface area contributed by atoms with Gasteiger partial charge in [0.1, 0.15) is 12.3 Å². The number of nitrogens with one attached hydrogen (secondary N) is 1. The quantitative estimate of drug-likeness (QED) is 0.689. The first-order chi connectivity index (χ1) is 12.8. The molecule has 1 saturated heterocycles. The molecule has 0 aliphatic carbocycles. The van der Waals surface area contributed by atoms with E-state index in [0.717, 1.165) is 22.2 Å². The van der Waals surface area contributed by atoms with Gasteiger partial charge in [0.2, 0.25) is 5.91 Å². The minimum atomic E-state index is -0.520. The molecule has 0 spiro atoms. The molecular weight excluding hydrogens is 432 g/mol. The van der Waals surface area contributed by atoms with Crippen LogP contribution < -0.4 is 5.32 Å². The van der Waals surface area contributed by atoms with E-state index >= 15 is 0 Å². The Kier molecular flexibility index (Phi) is 5.67. The summed E-state index contributed by atoms with van der Waals surface area (Å²) in [4.78, 5) is 38.0. The molecule has 27 heavy (non-hydrogen) atoms. The predicted octanol–water partition coefficient (Wildman–Crippen LogP) is 4.14. The third-order valence-electron chi connectivity index (χ3n) is 3.75. The molecule has 0 aromatic heterocycles. The Balaban J connectivity index is 1.71. The molecule has 0 atom stereocenters. The van der Waals surface area contributed by atoms with Crippen LogP contribution in [0, 0.1) is 6.92 Å². The second-order valence-electron chi connectivity index (χ2n) is 5.90. The summed E-state index contributed by atoms with van der Waals surface area (Å²) in [6, 6.07) is 12.0. The van der Waals surface area contributed by atoms with Gasteiger partial charge in [-0.1, -0.05) is 18.2 Å². The van der Waals surface area contributed by atoms with Crippen LogP contribution in [-0.2, 0) is 9.59 Å². The molecule has 0 unspecified atom stereocenters. The van der Waals surface area contributed by atoms with Crippen LogP contribution in [0.15, 0.2) is 51.8 Å². The molecule has 1 aliphatic rings. The smallest absolute Gasteiger partial charge is 0.294 e. The van der Waals surface area contributed by atoms with Gasteiger partial charge < -0.3 is 10.4 Å². The number of imide groups is 1. The van der Waals surface area contributed by atoms with Gasteiger partial charge in [0.15, 0.2) is 0 Å². The van der Waals surface area contributed by atoms with Crippen molar-refractivity contribution in [3.8, 4) is 5.75 Å². The molecule has 0 saturated carbocycles. The second kappa shape index (κ2) is 7.98. The van der Waals surface area contributed by atoms with Crippen molar-refractivity contribution in [2.24, 2.45) is 0 Å². The number of hydrogen-bond donors (Lipinski definition) is 2. The monoisotopic (exact) mass is 446 g/mol. The molecule has 3 amide bonds. The van der Waals surface area contributed by atoms with Gasteiger partial charge >= 0.3 is 0 Å². The van der Waals surface area contributed by atoms with Crippen molar-refractivity contribution in [3.05, 3.63) is 63.0 Å². The summed E-state index contributed by atoms with van der Waals surface area (Å²) >= 11 is 3.98. The fourth-order valence-corrected chi connectivity index (χ4v) is 3.70. The van der Waals surface area contributed by atoms with Crippen molar-refractivity contribution >= 4 is 56.5 Å². The SMILES string of the molecule is Cc1cccc(NC(=O)CN2C(=O)S/C(=C\c3ccc(O)c(Br)c3)C2=O)c1. The van der Waals surface area contributed by atoms with Gasteiger partial charge in [-0.3, -0.25) is 19.3 Å². The number of anilines is 1. The number of aromatic hydroxyl groups is 1. The summed E-state index contributed by atoms with van der Waals surface area (Å²) < 4.78 is 0.480. The first-order valence-electron chi connectivity index (χ1n) is 7.94. The van der Waals surface area contributed by atoms with Gasteiger partial charge in [-0.25, -0.2) is 0 Å². The van der Waals surface area contributed by atoms with E-state index in [1.807, 2.05) is 19.1 Å². The van der Waals surface area contributed by atoms with Crippen molar-refractivity contribution in [1.82, 2.24) is 4.90 Å². The number of nitrogens with zero attached hydrogens (tertiary/aromatic N) is 1. The lowest BCUT2D eigenvalue weighted by atomic mass is 10.2. The third-order valence-corrected chi connectivity index (χ3v) is 5.29. The van der Waals surface area contributed by atoms with E-state index in [0.29, 0.717) is 15.7 Å². The minimum Gasteiger partial charge on any atom is -0.507 e. The highest BCUT2D eigenvalue weighted by molar-refractivity contribution is 9.10. The van der Waals surface area contributed by atoms with Crippen molar-refractivity contribution in [2.45, 2.75) is 6.92 Å². The zero-order valence-electron chi connectivity index (χ0n) is 14.2. The first kappa shape index (κ1) is 19.2. The summed E-state index contributed by atoms with van der Waals surface area (Å²) in [5.41, 5.74) is 2.24. The standard InChI is InChI=1S/C19H15BrN2O4S/c1-11-3-2-4-13(7-11)21-17(24)10-22-18(25)16(27-19(22)26)9-12-5-6-15(23)14(20)8-12/h2-9,23H,10H2,1H3,(H,21,24)/b16-9-. The number of aryl methyl sites for hydroxylation is 1. The maximum atomic E-state index is 12.5. The number of thioether (sulfide) groups is 1. The Bertz CT molecular complexity index is 974. The van der Waals surface area contributed by atoms with Crippen LogP contribution >= 0.6 is 27.7 Å². The summed E-state index contributed by atoms with van der Waals surface area (Å²) in [5, 5.41) is 11.7. The van der Waals surface area contributed by atoms with Crippen molar-refractivity contribution in [1.29, 1.82) is 0 Å². The highest BCUT2D eigenvalue weighted by atomic mass is 79.9. The van der Waals surface area contributed by atoms with E-state index < -0.39 is 17.1 Å². The van der Waals surface area contributed by atoms with Crippen LogP contribution in [0.4, 0.5) is 10.5 Å². The number of phenolic OH excluding ortho intramolecular Hbond substituents is 1. The average Bonchev–Trinajstić information content (AvgIpc) is 2.85. The van der Waals surface area contributed by atoms with E-state index in [4.69, 9.17) is 0 Å². The van der Waals surface area contributed by atoms with E-state index in [1.165, 1.54) is 6.07 Å². The van der Waals surface area contributed by atoms with E-state index in [-0.39, 0.29) is 17.2 Å².